The van der Waals surface area contributed by atoms with Gasteiger partial charge < -0.3 is 4.74 Å². The van der Waals surface area contributed by atoms with Gasteiger partial charge in [-0.2, -0.15) is 10.4 Å². The number of carbonyl (C=O) groups excluding carboxylic acids is 1. The Bertz CT molecular complexity index is 1010. The molecule has 0 aliphatic heterocycles. The molecule has 0 atom stereocenters. The van der Waals surface area contributed by atoms with E-state index < -0.39 is 15.9 Å². The molecule has 9 heteroatoms. The summed E-state index contributed by atoms with van der Waals surface area (Å²) in [5, 5.41) is 12.4. The van der Waals surface area contributed by atoms with Crippen molar-refractivity contribution >= 4 is 27.8 Å². The van der Waals surface area contributed by atoms with E-state index in [2.05, 4.69) is 10.5 Å². The van der Waals surface area contributed by atoms with Crippen LogP contribution in [0, 0.1) is 11.3 Å². The highest BCUT2D eigenvalue weighted by Gasteiger charge is 2.22. The lowest BCUT2D eigenvalue weighted by Gasteiger charge is -2.23. The molecule has 0 bridgehead atoms. The van der Waals surface area contributed by atoms with E-state index in [0.717, 1.165) is 16.1 Å². The molecule has 0 fully saturated rings. The van der Waals surface area contributed by atoms with Crippen LogP contribution in [0.25, 0.3) is 0 Å². The van der Waals surface area contributed by atoms with Gasteiger partial charge in [-0.15, -0.1) is 0 Å². The lowest BCUT2D eigenvalue weighted by Crippen LogP contribution is -2.39. The first-order valence-electron chi connectivity index (χ1n) is 8.82. The van der Waals surface area contributed by atoms with Crippen LogP contribution in [-0.2, 0) is 21.2 Å². The predicted molar refractivity (Wildman–Crippen MR) is 111 cm³/mol. The number of amides is 1. The summed E-state index contributed by atoms with van der Waals surface area (Å²) >= 11 is 0. The first-order chi connectivity index (χ1) is 13.8. The van der Waals surface area contributed by atoms with Gasteiger partial charge in [-0.05, 0) is 47.9 Å². The number of aryl methyl sites for hydroxylation is 1. The number of nitrogens with zero attached hydrogens (tertiary/aromatic N) is 3. The molecule has 0 aliphatic carbocycles. The fourth-order valence-corrected chi connectivity index (χ4v) is 3.43. The normalized spacial score (nSPS) is 11.1. The van der Waals surface area contributed by atoms with Crippen molar-refractivity contribution in [2.45, 2.75) is 13.3 Å². The standard InChI is InChI=1S/C20H22N4O4S/c1-3-17-6-4-5-7-19(17)24(29(2,26)27)15-20(25)23-22-14-16-8-10-18(11-9-16)28-13-12-21/h4-11,14H,3,13,15H2,1-2H3,(H,23,25)/b22-14-. The van der Waals surface area contributed by atoms with Crippen LogP contribution >= 0.6 is 0 Å². The van der Waals surface area contributed by atoms with E-state index in [1.165, 1.54) is 6.21 Å². The second kappa shape index (κ2) is 10.2. The third-order valence-corrected chi connectivity index (χ3v) is 5.04. The predicted octanol–water partition coefficient (Wildman–Crippen LogP) is 2.07. The molecular weight excluding hydrogens is 392 g/mol. The van der Waals surface area contributed by atoms with Gasteiger partial charge in [0.1, 0.15) is 18.4 Å². The Kier molecular flexibility index (Phi) is 7.74. The van der Waals surface area contributed by atoms with E-state index in [0.29, 0.717) is 23.4 Å². The summed E-state index contributed by atoms with van der Waals surface area (Å²) in [6.07, 6.45) is 3.12. The molecule has 0 aliphatic rings. The first kappa shape index (κ1) is 21.9. The van der Waals surface area contributed by atoms with Crippen molar-refractivity contribution in [3.8, 4) is 11.8 Å². The maximum atomic E-state index is 12.3. The van der Waals surface area contributed by atoms with Gasteiger partial charge in [-0.1, -0.05) is 25.1 Å². The number of hydrazone groups is 1. The number of hydrogen-bond donors (Lipinski definition) is 1. The fraction of sp³-hybridized carbons (Fsp3) is 0.250. The molecule has 152 valence electrons. The number of benzene rings is 2. The molecule has 0 radical (unpaired) electrons. The molecule has 2 rings (SSSR count). The summed E-state index contributed by atoms with van der Waals surface area (Å²) in [7, 11) is -3.65. The van der Waals surface area contributed by atoms with Gasteiger partial charge >= 0.3 is 0 Å². The molecule has 0 saturated heterocycles. The molecule has 2 aromatic rings. The molecule has 0 heterocycles. The Balaban J connectivity index is 2.04. The van der Waals surface area contributed by atoms with Crippen LogP contribution in [0.15, 0.2) is 53.6 Å². The minimum atomic E-state index is -3.65. The quantitative estimate of drug-likeness (QED) is 0.499. The van der Waals surface area contributed by atoms with Crippen LogP contribution in [0.2, 0.25) is 0 Å². The highest BCUT2D eigenvalue weighted by Crippen LogP contribution is 2.23. The number of nitriles is 1. The molecule has 0 aromatic heterocycles. The number of rotatable bonds is 9. The van der Waals surface area contributed by atoms with E-state index in [1.807, 2.05) is 25.1 Å². The monoisotopic (exact) mass is 414 g/mol. The largest absolute Gasteiger partial charge is 0.479 e. The van der Waals surface area contributed by atoms with Gasteiger partial charge in [-0.3, -0.25) is 9.10 Å². The van der Waals surface area contributed by atoms with Gasteiger partial charge in [0.25, 0.3) is 5.91 Å². The summed E-state index contributed by atoms with van der Waals surface area (Å²) in [5.74, 6) is -0.0160. The van der Waals surface area contributed by atoms with Crippen molar-refractivity contribution in [3.05, 3.63) is 59.7 Å². The molecule has 8 nitrogen and oxygen atoms in total. The minimum absolute atomic E-state index is 0.0402. The second-order valence-corrected chi connectivity index (χ2v) is 7.97. The average Bonchev–Trinajstić information content (AvgIpc) is 2.70. The van der Waals surface area contributed by atoms with Crippen molar-refractivity contribution in [1.82, 2.24) is 5.43 Å². The molecule has 1 N–H and O–H groups in total. The van der Waals surface area contributed by atoms with Crippen LogP contribution in [0.1, 0.15) is 18.1 Å². The summed E-state index contributed by atoms with van der Waals surface area (Å²) < 4.78 is 30.6. The maximum Gasteiger partial charge on any atom is 0.260 e. The third-order valence-electron chi connectivity index (χ3n) is 3.92. The third kappa shape index (κ3) is 6.62. The minimum Gasteiger partial charge on any atom is -0.479 e. The molecular formula is C20H22N4O4S. The average molecular weight is 414 g/mol. The summed E-state index contributed by atoms with van der Waals surface area (Å²) in [5.41, 5.74) is 4.34. The van der Waals surface area contributed by atoms with Crippen LogP contribution in [0.4, 0.5) is 5.69 Å². The highest BCUT2D eigenvalue weighted by molar-refractivity contribution is 7.92. The topological polar surface area (TPSA) is 112 Å². The molecule has 0 unspecified atom stereocenters. The highest BCUT2D eigenvalue weighted by atomic mass is 32.2. The van der Waals surface area contributed by atoms with E-state index in [9.17, 15) is 13.2 Å². The Labute approximate surface area is 170 Å². The smallest absolute Gasteiger partial charge is 0.260 e. The van der Waals surface area contributed by atoms with E-state index in [1.54, 1.807) is 36.4 Å². The molecule has 29 heavy (non-hydrogen) atoms. The number of anilines is 1. The number of carbonyl (C=O) groups is 1. The van der Waals surface area contributed by atoms with Crippen molar-refractivity contribution in [2.75, 3.05) is 23.7 Å². The Morgan fingerprint density at radius 3 is 2.55 bits per heavy atom. The number of hydrogen-bond acceptors (Lipinski definition) is 6. The Hall–Kier alpha value is -3.38. The molecule has 0 saturated carbocycles. The van der Waals surface area contributed by atoms with Crippen LogP contribution in [0.5, 0.6) is 5.75 Å². The lowest BCUT2D eigenvalue weighted by molar-refractivity contribution is -0.119. The van der Waals surface area contributed by atoms with Gasteiger partial charge in [0.05, 0.1) is 18.2 Å². The Morgan fingerprint density at radius 1 is 1.24 bits per heavy atom. The number of ether oxygens (including phenoxy) is 1. The number of nitrogens with one attached hydrogen (secondary N) is 1. The molecule has 1 amide bonds. The zero-order valence-electron chi connectivity index (χ0n) is 16.2. The molecule has 2 aromatic carbocycles. The van der Waals surface area contributed by atoms with Crippen molar-refractivity contribution in [3.63, 3.8) is 0 Å². The van der Waals surface area contributed by atoms with Crippen LogP contribution in [0.3, 0.4) is 0 Å². The lowest BCUT2D eigenvalue weighted by atomic mass is 10.1. The zero-order chi connectivity index (χ0) is 21.3. The zero-order valence-corrected chi connectivity index (χ0v) is 17.0. The van der Waals surface area contributed by atoms with Crippen LogP contribution in [-0.4, -0.2) is 39.9 Å². The first-order valence-corrected chi connectivity index (χ1v) is 10.7. The van der Waals surface area contributed by atoms with E-state index >= 15 is 0 Å². The maximum absolute atomic E-state index is 12.3. The van der Waals surface area contributed by atoms with Gasteiger partial charge in [0.15, 0.2) is 6.61 Å². The second-order valence-electron chi connectivity index (χ2n) is 6.06. The van der Waals surface area contributed by atoms with Crippen molar-refractivity contribution in [2.24, 2.45) is 5.10 Å². The van der Waals surface area contributed by atoms with Crippen molar-refractivity contribution < 1.29 is 17.9 Å². The molecule has 0 spiro atoms. The van der Waals surface area contributed by atoms with Crippen molar-refractivity contribution in [1.29, 1.82) is 5.26 Å². The van der Waals surface area contributed by atoms with E-state index in [4.69, 9.17) is 10.00 Å². The number of sulfonamides is 1. The Morgan fingerprint density at radius 2 is 1.93 bits per heavy atom. The van der Waals surface area contributed by atoms with Gasteiger partial charge in [0.2, 0.25) is 10.0 Å². The number of para-hydroxylation sites is 1. The van der Waals surface area contributed by atoms with Crippen LogP contribution < -0.4 is 14.5 Å². The van der Waals surface area contributed by atoms with E-state index in [-0.39, 0.29) is 13.2 Å². The van der Waals surface area contributed by atoms with Gasteiger partial charge in [0, 0.05) is 0 Å². The fourth-order valence-electron chi connectivity index (χ4n) is 2.54. The summed E-state index contributed by atoms with van der Waals surface area (Å²) in [6, 6.07) is 15.7. The summed E-state index contributed by atoms with van der Waals surface area (Å²) in [4.78, 5) is 12.3. The van der Waals surface area contributed by atoms with Gasteiger partial charge in [-0.25, -0.2) is 13.8 Å². The summed E-state index contributed by atoms with van der Waals surface area (Å²) in [6.45, 7) is 1.50. The SMILES string of the molecule is CCc1ccccc1N(CC(=O)N/N=C\c1ccc(OCC#N)cc1)S(C)(=O)=O.